The first kappa shape index (κ1) is 13.5. The Morgan fingerprint density at radius 3 is 2.60 bits per heavy atom. The standard InChI is InChI=1S/C13H16FN3O2S/c14-13(4-1-5-13)12(19)17-6-2-8-9(3-7-17)20-11(16-8)10(15)18/h1-7H2,(H2,15,18). The molecule has 0 radical (unpaired) electrons. The number of carbonyl (C=O) groups excluding carboxylic acids is 2. The Morgan fingerprint density at radius 2 is 2.00 bits per heavy atom. The van der Waals surface area contributed by atoms with Crippen LogP contribution in [-0.4, -0.2) is 40.5 Å². The van der Waals surface area contributed by atoms with Gasteiger partial charge in [0.1, 0.15) is 0 Å². The molecule has 0 aromatic carbocycles. The molecule has 0 unspecified atom stereocenters. The summed E-state index contributed by atoms with van der Waals surface area (Å²) in [6.07, 6.45) is 2.64. The van der Waals surface area contributed by atoms with Crippen molar-refractivity contribution in [2.45, 2.75) is 37.8 Å². The number of hydrogen-bond acceptors (Lipinski definition) is 4. The van der Waals surface area contributed by atoms with Crippen LogP contribution in [0, 0.1) is 0 Å². The summed E-state index contributed by atoms with van der Waals surface area (Å²) in [5, 5.41) is 0.315. The molecule has 108 valence electrons. The Kier molecular flexibility index (Phi) is 3.24. The lowest BCUT2D eigenvalue weighted by molar-refractivity contribution is -0.149. The predicted molar refractivity (Wildman–Crippen MR) is 72.3 cm³/mol. The molecule has 20 heavy (non-hydrogen) atoms. The molecule has 2 amide bonds. The van der Waals surface area contributed by atoms with E-state index in [4.69, 9.17) is 5.73 Å². The van der Waals surface area contributed by atoms with Crippen molar-refractivity contribution in [2.75, 3.05) is 13.1 Å². The van der Waals surface area contributed by atoms with Crippen LogP contribution in [0.1, 0.15) is 39.6 Å². The minimum absolute atomic E-state index is 0.315. The van der Waals surface area contributed by atoms with E-state index in [9.17, 15) is 14.0 Å². The molecule has 0 spiro atoms. The van der Waals surface area contributed by atoms with Crippen LogP contribution in [0.4, 0.5) is 4.39 Å². The molecule has 1 aromatic rings. The Bertz CT molecular complexity index is 542. The first-order chi connectivity index (χ1) is 9.49. The molecule has 1 fully saturated rings. The first-order valence-electron chi connectivity index (χ1n) is 6.76. The minimum Gasteiger partial charge on any atom is -0.364 e. The molecule has 0 atom stereocenters. The average molecular weight is 297 g/mol. The van der Waals surface area contributed by atoms with Gasteiger partial charge in [0.05, 0.1) is 5.69 Å². The largest absolute Gasteiger partial charge is 0.364 e. The normalized spacial score (nSPS) is 20.8. The van der Waals surface area contributed by atoms with Gasteiger partial charge in [0.25, 0.3) is 11.8 Å². The number of aromatic nitrogens is 1. The molecule has 1 aromatic heterocycles. The van der Waals surface area contributed by atoms with Gasteiger partial charge in [-0.25, -0.2) is 9.37 Å². The van der Waals surface area contributed by atoms with Crippen molar-refractivity contribution in [3.8, 4) is 0 Å². The molecule has 1 aliphatic carbocycles. The second kappa shape index (κ2) is 4.80. The number of halogens is 1. The third kappa shape index (κ3) is 2.19. The van der Waals surface area contributed by atoms with Gasteiger partial charge in [-0.1, -0.05) is 0 Å². The van der Waals surface area contributed by atoms with Crippen LogP contribution in [0.25, 0.3) is 0 Å². The summed E-state index contributed by atoms with van der Waals surface area (Å²) < 4.78 is 14.2. The quantitative estimate of drug-likeness (QED) is 0.887. The van der Waals surface area contributed by atoms with Crippen LogP contribution in [0.5, 0.6) is 0 Å². The van der Waals surface area contributed by atoms with E-state index in [0.29, 0.717) is 43.8 Å². The number of alkyl halides is 1. The van der Waals surface area contributed by atoms with Gasteiger partial charge < -0.3 is 10.6 Å². The maximum absolute atomic E-state index is 14.2. The Morgan fingerprint density at radius 1 is 1.30 bits per heavy atom. The third-order valence-corrected chi connectivity index (χ3v) is 5.20. The van der Waals surface area contributed by atoms with Crippen molar-refractivity contribution >= 4 is 23.2 Å². The zero-order valence-electron chi connectivity index (χ0n) is 11.0. The van der Waals surface area contributed by atoms with Crippen molar-refractivity contribution in [2.24, 2.45) is 5.73 Å². The molecule has 0 saturated heterocycles. The third-order valence-electron chi connectivity index (χ3n) is 4.03. The second-order valence-corrected chi connectivity index (χ2v) is 6.45. The van der Waals surface area contributed by atoms with E-state index >= 15 is 0 Å². The highest BCUT2D eigenvalue weighted by molar-refractivity contribution is 7.13. The lowest BCUT2D eigenvalue weighted by Gasteiger charge is -2.36. The Hall–Kier alpha value is -1.50. The molecular formula is C13H16FN3O2S. The van der Waals surface area contributed by atoms with E-state index in [-0.39, 0.29) is 5.91 Å². The number of rotatable bonds is 2. The maximum atomic E-state index is 14.2. The molecule has 3 rings (SSSR count). The fourth-order valence-corrected chi connectivity index (χ4v) is 3.60. The highest BCUT2D eigenvalue weighted by Gasteiger charge is 2.47. The first-order valence-corrected chi connectivity index (χ1v) is 7.58. The van der Waals surface area contributed by atoms with Gasteiger partial charge in [0.15, 0.2) is 10.7 Å². The van der Waals surface area contributed by atoms with Gasteiger partial charge in [-0.2, -0.15) is 0 Å². The molecule has 2 heterocycles. The lowest BCUT2D eigenvalue weighted by atomic mass is 9.81. The van der Waals surface area contributed by atoms with Crippen molar-refractivity contribution in [3.63, 3.8) is 0 Å². The van der Waals surface area contributed by atoms with Crippen molar-refractivity contribution in [3.05, 3.63) is 15.6 Å². The predicted octanol–water partition coefficient (Wildman–Crippen LogP) is 1.06. The molecular weight excluding hydrogens is 281 g/mol. The van der Waals surface area contributed by atoms with Crippen LogP contribution >= 0.6 is 11.3 Å². The highest BCUT2D eigenvalue weighted by Crippen LogP contribution is 2.38. The van der Waals surface area contributed by atoms with E-state index in [1.165, 1.54) is 11.3 Å². The van der Waals surface area contributed by atoms with Crippen molar-refractivity contribution < 1.29 is 14.0 Å². The molecule has 0 bridgehead atoms. The summed E-state index contributed by atoms with van der Waals surface area (Å²) in [6, 6.07) is 0. The van der Waals surface area contributed by atoms with E-state index in [1.807, 2.05) is 0 Å². The summed E-state index contributed by atoms with van der Waals surface area (Å²) in [7, 11) is 0. The summed E-state index contributed by atoms with van der Waals surface area (Å²) >= 11 is 1.28. The summed E-state index contributed by atoms with van der Waals surface area (Å²) in [5.74, 6) is -0.901. The number of nitrogens with zero attached hydrogens (tertiary/aromatic N) is 2. The van der Waals surface area contributed by atoms with Crippen LogP contribution in [0.3, 0.4) is 0 Å². The second-order valence-electron chi connectivity index (χ2n) is 5.36. The van der Waals surface area contributed by atoms with E-state index < -0.39 is 11.6 Å². The molecule has 2 N–H and O–H groups in total. The average Bonchev–Trinajstić information content (AvgIpc) is 2.70. The van der Waals surface area contributed by atoms with Gasteiger partial charge in [-0.15, -0.1) is 11.3 Å². The number of nitrogens with two attached hydrogens (primary N) is 1. The molecule has 1 aliphatic heterocycles. The summed E-state index contributed by atoms with van der Waals surface area (Å²) in [5.41, 5.74) is 4.40. The minimum atomic E-state index is -1.64. The van der Waals surface area contributed by atoms with Crippen LogP contribution in [0.15, 0.2) is 0 Å². The topological polar surface area (TPSA) is 76.3 Å². The van der Waals surface area contributed by atoms with Crippen LogP contribution < -0.4 is 5.73 Å². The van der Waals surface area contributed by atoms with Gasteiger partial charge in [0.2, 0.25) is 0 Å². The van der Waals surface area contributed by atoms with Gasteiger partial charge in [0, 0.05) is 30.8 Å². The number of carbonyl (C=O) groups is 2. The zero-order chi connectivity index (χ0) is 14.3. The summed E-state index contributed by atoms with van der Waals surface area (Å²) in [6.45, 7) is 0.942. The fourth-order valence-electron chi connectivity index (χ4n) is 2.66. The lowest BCUT2D eigenvalue weighted by Crippen LogP contribution is -2.51. The monoisotopic (exact) mass is 297 g/mol. The molecule has 5 nitrogen and oxygen atoms in total. The van der Waals surface area contributed by atoms with Crippen molar-refractivity contribution in [1.29, 1.82) is 0 Å². The van der Waals surface area contributed by atoms with Crippen LogP contribution in [-0.2, 0) is 17.6 Å². The fraction of sp³-hybridized carbons (Fsp3) is 0.615. The van der Waals surface area contributed by atoms with E-state index in [1.54, 1.807) is 4.90 Å². The zero-order valence-corrected chi connectivity index (χ0v) is 11.8. The van der Waals surface area contributed by atoms with Gasteiger partial charge in [-0.3, -0.25) is 9.59 Å². The van der Waals surface area contributed by atoms with Gasteiger partial charge >= 0.3 is 0 Å². The maximum Gasteiger partial charge on any atom is 0.277 e. The Balaban J connectivity index is 1.72. The number of fused-ring (bicyclic) bond motifs is 1. The number of primary amides is 1. The van der Waals surface area contributed by atoms with Gasteiger partial charge in [-0.05, 0) is 19.3 Å². The molecule has 7 heteroatoms. The smallest absolute Gasteiger partial charge is 0.277 e. The number of hydrogen-bond donors (Lipinski definition) is 1. The summed E-state index contributed by atoms with van der Waals surface area (Å²) in [4.78, 5) is 30.1. The molecule has 1 saturated carbocycles. The number of thiazole rings is 1. The van der Waals surface area contributed by atoms with E-state index in [2.05, 4.69) is 4.98 Å². The molecule has 2 aliphatic rings. The van der Waals surface area contributed by atoms with E-state index in [0.717, 1.165) is 17.0 Å². The highest BCUT2D eigenvalue weighted by atomic mass is 32.1. The van der Waals surface area contributed by atoms with Crippen LogP contribution in [0.2, 0.25) is 0 Å². The van der Waals surface area contributed by atoms with Crippen molar-refractivity contribution in [1.82, 2.24) is 9.88 Å². The SMILES string of the molecule is NC(=O)c1nc2c(s1)CCN(C(=O)C1(F)CCC1)CC2. The Labute approximate surface area is 120 Å². The number of amides is 2.